The summed E-state index contributed by atoms with van der Waals surface area (Å²) >= 11 is 0. The highest BCUT2D eigenvalue weighted by atomic mass is 16.5. The smallest absolute Gasteiger partial charge is 0.263 e. The number of hydrogen-bond donors (Lipinski definition) is 0. The van der Waals surface area contributed by atoms with Gasteiger partial charge in [-0.25, -0.2) is 0 Å². The maximum absolute atomic E-state index is 12.8. The molecular weight excluding hydrogens is 330 g/mol. The predicted molar refractivity (Wildman–Crippen MR) is 98.6 cm³/mol. The number of nitriles is 1. The Morgan fingerprint density at radius 1 is 1.12 bits per heavy atom. The van der Waals surface area contributed by atoms with Crippen LogP contribution in [0.1, 0.15) is 45.1 Å². The quantitative estimate of drug-likeness (QED) is 0.812. The molecule has 1 aromatic rings. The van der Waals surface area contributed by atoms with Gasteiger partial charge in [-0.05, 0) is 30.9 Å². The van der Waals surface area contributed by atoms with E-state index in [0.717, 1.165) is 11.3 Å². The van der Waals surface area contributed by atoms with E-state index in [1.54, 1.807) is 16.7 Å². The Labute approximate surface area is 155 Å². The summed E-state index contributed by atoms with van der Waals surface area (Å²) in [5, 5.41) is 8.67. The molecule has 0 aliphatic carbocycles. The van der Waals surface area contributed by atoms with Crippen molar-refractivity contribution < 1.29 is 14.3 Å². The predicted octanol–water partition coefficient (Wildman–Crippen LogP) is 2.55. The summed E-state index contributed by atoms with van der Waals surface area (Å²) in [6.45, 7) is 8.05. The number of rotatable bonds is 5. The zero-order valence-corrected chi connectivity index (χ0v) is 15.8. The van der Waals surface area contributed by atoms with Crippen molar-refractivity contribution in [1.29, 1.82) is 5.26 Å². The standard InChI is InChI=1S/C20H27N3O3/c1-15(2)17-7-4-5-8-18(17)26-16(3)20(25)23-12-6-11-22(13-14-23)19(24)9-10-21/h4-5,7-8,15-16H,6,9,11-14H2,1-3H3. The molecule has 0 saturated carbocycles. The summed E-state index contributed by atoms with van der Waals surface area (Å²) < 4.78 is 5.96. The zero-order chi connectivity index (χ0) is 19.1. The molecule has 0 bridgehead atoms. The molecule has 0 N–H and O–H groups in total. The third-order valence-corrected chi connectivity index (χ3v) is 4.58. The Morgan fingerprint density at radius 2 is 1.77 bits per heavy atom. The summed E-state index contributed by atoms with van der Waals surface area (Å²) in [5.74, 6) is 0.811. The van der Waals surface area contributed by atoms with Gasteiger partial charge >= 0.3 is 0 Å². The van der Waals surface area contributed by atoms with Crippen LogP contribution in [0.3, 0.4) is 0 Å². The van der Waals surface area contributed by atoms with Crippen LogP contribution < -0.4 is 4.74 Å². The van der Waals surface area contributed by atoms with E-state index in [4.69, 9.17) is 10.00 Å². The molecule has 1 saturated heterocycles. The van der Waals surface area contributed by atoms with E-state index in [-0.39, 0.29) is 18.2 Å². The number of ether oxygens (including phenoxy) is 1. The second-order valence-corrected chi connectivity index (χ2v) is 6.85. The Hall–Kier alpha value is -2.55. The normalized spacial score (nSPS) is 16.0. The lowest BCUT2D eigenvalue weighted by atomic mass is 10.0. The van der Waals surface area contributed by atoms with E-state index >= 15 is 0 Å². The number of benzene rings is 1. The van der Waals surface area contributed by atoms with Crippen LogP contribution in [0.15, 0.2) is 24.3 Å². The Morgan fingerprint density at radius 3 is 2.46 bits per heavy atom. The number of carbonyl (C=O) groups excluding carboxylic acids is 2. The van der Waals surface area contributed by atoms with Gasteiger partial charge in [0.05, 0.1) is 6.07 Å². The van der Waals surface area contributed by atoms with Gasteiger partial charge in [-0.1, -0.05) is 32.0 Å². The lowest BCUT2D eigenvalue weighted by Gasteiger charge is -2.26. The zero-order valence-electron chi connectivity index (χ0n) is 15.8. The van der Waals surface area contributed by atoms with Gasteiger partial charge in [-0.15, -0.1) is 0 Å². The third kappa shape index (κ3) is 4.98. The molecule has 2 rings (SSSR count). The van der Waals surface area contributed by atoms with Crippen LogP contribution in [-0.2, 0) is 9.59 Å². The second kappa shape index (κ2) is 9.23. The molecule has 6 nitrogen and oxygen atoms in total. The summed E-state index contributed by atoms with van der Waals surface area (Å²) in [6, 6.07) is 9.67. The first-order chi connectivity index (χ1) is 12.4. The summed E-state index contributed by atoms with van der Waals surface area (Å²) in [5.41, 5.74) is 1.08. The minimum absolute atomic E-state index is 0.0712. The highest BCUT2D eigenvalue weighted by Crippen LogP contribution is 2.27. The highest BCUT2D eigenvalue weighted by molar-refractivity contribution is 5.81. The number of amides is 2. The van der Waals surface area contributed by atoms with Crippen LogP contribution in [0.2, 0.25) is 0 Å². The molecule has 0 aromatic heterocycles. The number of carbonyl (C=O) groups is 2. The van der Waals surface area contributed by atoms with Crippen LogP contribution in [0.25, 0.3) is 0 Å². The van der Waals surface area contributed by atoms with Gasteiger partial charge in [0.2, 0.25) is 5.91 Å². The minimum Gasteiger partial charge on any atom is -0.481 e. The molecule has 1 aliphatic heterocycles. The van der Waals surface area contributed by atoms with Crippen molar-refractivity contribution in [2.45, 2.75) is 45.6 Å². The molecule has 2 amide bonds. The lowest BCUT2D eigenvalue weighted by molar-refractivity contribution is -0.138. The maximum Gasteiger partial charge on any atom is 0.263 e. The monoisotopic (exact) mass is 357 g/mol. The number of para-hydroxylation sites is 1. The minimum atomic E-state index is -0.587. The van der Waals surface area contributed by atoms with Crippen molar-refractivity contribution >= 4 is 11.8 Å². The SMILES string of the molecule is CC(Oc1ccccc1C(C)C)C(=O)N1CCCN(C(=O)CC#N)CC1. The van der Waals surface area contributed by atoms with Crippen molar-refractivity contribution in [3.63, 3.8) is 0 Å². The van der Waals surface area contributed by atoms with Crippen molar-refractivity contribution in [2.75, 3.05) is 26.2 Å². The average Bonchev–Trinajstić information content (AvgIpc) is 2.87. The van der Waals surface area contributed by atoms with E-state index in [1.807, 2.05) is 30.3 Å². The molecule has 140 valence electrons. The summed E-state index contributed by atoms with van der Waals surface area (Å²) in [7, 11) is 0. The van der Waals surface area contributed by atoms with Gasteiger partial charge in [0.15, 0.2) is 6.10 Å². The van der Waals surface area contributed by atoms with E-state index in [0.29, 0.717) is 38.5 Å². The molecule has 26 heavy (non-hydrogen) atoms. The van der Waals surface area contributed by atoms with Gasteiger partial charge in [0, 0.05) is 26.2 Å². The first-order valence-corrected chi connectivity index (χ1v) is 9.13. The highest BCUT2D eigenvalue weighted by Gasteiger charge is 2.26. The molecule has 1 aliphatic rings. The van der Waals surface area contributed by atoms with Crippen molar-refractivity contribution in [2.24, 2.45) is 0 Å². The van der Waals surface area contributed by atoms with Crippen molar-refractivity contribution in [1.82, 2.24) is 9.80 Å². The largest absolute Gasteiger partial charge is 0.481 e. The van der Waals surface area contributed by atoms with E-state index in [9.17, 15) is 9.59 Å². The molecule has 1 aromatic carbocycles. The molecule has 0 spiro atoms. The molecule has 1 heterocycles. The molecular formula is C20H27N3O3. The van der Waals surface area contributed by atoms with Gasteiger partial charge in [0.25, 0.3) is 5.91 Å². The van der Waals surface area contributed by atoms with Crippen LogP contribution >= 0.6 is 0 Å². The van der Waals surface area contributed by atoms with Crippen LogP contribution in [0.5, 0.6) is 5.75 Å². The fourth-order valence-corrected chi connectivity index (χ4v) is 3.13. The Bertz CT molecular complexity index is 681. The Kier molecular flexibility index (Phi) is 7.02. The van der Waals surface area contributed by atoms with E-state index in [1.165, 1.54) is 0 Å². The molecule has 1 atom stereocenters. The topological polar surface area (TPSA) is 73.6 Å². The van der Waals surface area contributed by atoms with Crippen molar-refractivity contribution in [3.8, 4) is 11.8 Å². The van der Waals surface area contributed by atoms with Crippen LogP contribution in [-0.4, -0.2) is 53.9 Å². The number of hydrogen-bond acceptors (Lipinski definition) is 4. The molecule has 1 unspecified atom stereocenters. The van der Waals surface area contributed by atoms with Gasteiger partial charge in [-0.2, -0.15) is 5.26 Å². The molecule has 1 fully saturated rings. The molecule has 6 heteroatoms. The van der Waals surface area contributed by atoms with Gasteiger partial charge in [-0.3, -0.25) is 9.59 Å². The third-order valence-electron chi connectivity index (χ3n) is 4.58. The van der Waals surface area contributed by atoms with Crippen LogP contribution in [0.4, 0.5) is 0 Å². The summed E-state index contributed by atoms with van der Waals surface area (Å²) in [6.07, 6.45) is 0.00810. The van der Waals surface area contributed by atoms with E-state index < -0.39 is 6.10 Å². The van der Waals surface area contributed by atoms with Gasteiger partial charge < -0.3 is 14.5 Å². The van der Waals surface area contributed by atoms with Gasteiger partial charge in [0.1, 0.15) is 12.2 Å². The second-order valence-electron chi connectivity index (χ2n) is 6.85. The maximum atomic E-state index is 12.8. The Balaban J connectivity index is 1.98. The lowest BCUT2D eigenvalue weighted by Crippen LogP contribution is -2.43. The fourth-order valence-electron chi connectivity index (χ4n) is 3.13. The average molecular weight is 357 g/mol. The molecule has 0 radical (unpaired) electrons. The first-order valence-electron chi connectivity index (χ1n) is 9.13. The van der Waals surface area contributed by atoms with Crippen molar-refractivity contribution in [3.05, 3.63) is 29.8 Å². The van der Waals surface area contributed by atoms with E-state index in [2.05, 4.69) is 13.8 Å². The van der Waals surface area contributed by atoms with Crippen LogP contribution in [0, 0.1) is 11.3 Å². The fraction of sp³-hybridized carbons (Fsp3) is 0.550. The number of nitrogens with zero attached hydrogens (tertiary/aromatic N) is 3. The first kappa shape index (κ1) is 19.8. The summed E-state index contributed by atoms with van der Waals surface area (Å²) in [4.78, 5) is 28.1.